The number of rotatable bonds is 6. The summed E-state index contributed by atoms with van der Waals surface area (Å²) in [5.74, 6) is 0.124. The van der Waals surface area contributed by atoms with Gasteiger partial charge in [0.05, 0.1) is 6.10 Å². The smallest absolute Gasteiger partial charge is 0.220 e. The quantitative estimate of drug-likeness (QED) is 0.714. The van der Waals surface area contributed by atoms with Crippen LogP contribution in [0.15, 0.2) is 0 Å². The highest BCUT2D eigenvalue weighted by Gasteiger charge is 2.27. The monoisotopic (exact) mass is 228 g/mol. The second kappa shape index (κ2) is 6.21. The predicted octanol–water partition coefficient (Wildman–Crippen LogP) is 1.06. The molecule has 0 bridgehead atoms. The lowest BCUT2D eigenvalue weighted by Crippen LogP contribution is -2.47. The molecule has 4 heteroatoms. The van der Waals surface area contributed by atoms with Crippen molar-refractivity contribution in [2.24, 2.45) is 0 Å². The Hall–Kier alpha value is -0.610. The maximum Gasteiger partial charge on any atom is 0.220 e. The zero-order valence-electron chi connectivity index (χ0n) is 10.6. The molecule has 0 aliphatic carbocycles. The maximum absolute atomic E-state index is 11.6. The van der Waals surface area contributed by atoms with Crippen molar-refractivity contribution in [1.82, 2.24) is 10.6 Å². The van der Waals surface area contributed by atoms with Crippen molar-refractivity contribution in [3.05, 3.63) is 0 Å². The van der Waals surface area contributed by atoms with E-state index in [-0.39, 0.29) is 17.6 Å². The summed E-state index contributed by atoms with van der Waals surface area (Å²) < 4.78 is 5.11. The average molecular weight is 228 g/mol. The van der Waals surface area contributed by atoms with E-state index in [1.165, 1.54) is 6.42 Å². The van der Waals surface area contributed by atoms with Crippen molar-refractivity contribution < 1.29 is 9.53 Å². The van der Waals surface area contributed by atoms with E-state index in [0.717, 1.165) is 25.9 Å². The van der Waals surface area contributed by atoms with Gasteiger partial charge in [-0.15, -0.1) is 0 Å². The number of ether oxygens (including phenoxy) is 1. The van der Waals surface area contributed by atoms with Gasteiger partial charge in [-0.25, -0.2) is 0 Å². The Kier molecular flexibility index (Phi) is 5.22. The fourth-order valence-corrected chi connectivity index (χ4v) is 1.94. The van der Waals surface area contributed by atoms with E-state index in [1.54, 1.807) is 7.11 Å². The first-order valence-electron chi connectivity index (χ1n) is 6.10. The minimum Gasteiger partial charge on any atom is -0.382 e. The van der Waals surface area contributed by atoms with Crippen LogP contribution in [0.5, 0.6) is 0 Å². The summed E-state index contributed by atoms with van der Waals surface area (Å²) in [4.78, 5) is 11.6. The molecule has 0 aromatic carbocycles. The van der Waals surface area contributed by atoms with Gasteiger partial charge in [0.1, 0.15) is 0 Å². The third kappa shape index (κ3) is 4.49. The number of hydrogen-bond acceptors (Lipinski definition) is 3. The molecule has 1 aliphatic heterocycles. The van der Waals surface area contributed by atoms with Gasteiger partial charge in [-0.3, -0.25) is 4.79 Å². The first kappa shape index (κ1) is 13.5. The van der Waals surface area contributed by atoms with Crippen LogP contribution in [0.2, 0.25) is 0 Å². The van der Waals surface area contributed by atoms with Gasteiger partial charge in [0.15, 0.2) is 0 Å². The van der Waals surface area contributed by atoms with E-state index in [0.29, 0.717) is 6.42 Å². The van der Waals surface area contributed by atoms with Gasteiger partial charge in [-0.05, 0) is 39.7 Å². The lowest BCUT2D eigenvalue weighted by atomic mass is 10.0. The largest absolute Gasteiger partial charge is 0.382 e. The average Bonchev–Trinajstić information content (AvgIpc) is 2.71. The number of carbonyl (C=O) groups is 1. The molecule has 2 unspecified atom stereocenters. The van der Waals surface area contributed by atoms with Gasteiger partial charge in [-0.1, -0.05) is 0 Å². The van der Waals surface area contributed by atoms with Crippen molar-refractivity contribution >= 4 is 5.91 Å². The zero-order valence-corrected chi connectivity index (χ0v) is 10.6. The number of amides is 1. The van der Waals surface area contributed by atoms with Crippen LogP contribution in [0.25, 0.3) is 0 Å². The van der Waals surface area contributed by atoms with Crippen LogP contribution in [0.3, 0.4) is 0 Å². The lowest BCUT2D eigenvalue weighted by molar-refractivity contribution is -0.122. The number of hydrogen-bond donors (Lipinski definition) is 2. The van der Waals surface area contributed by atoms with Gasteiger partial charge in [0, 0.05) is 25.6 Å². The Labute approximate surface area is 98.1 Å². The number of methoxy groups -OCH3 is 1. The third-order valence-corrected chi connectivity index (χ3v) is 3.31. The first-order chi connectivity index (χ1) is 7.56. The molecular formula is C12H24N2O2. The van der Waals surface area contributed by atoms with Crippen LogP contribution >= 0.6 is 0 Å². The lowest BCUT2D eigenvalue weighted by Gasteiger charge is -2.24. The Morgan fingerprint density at radius 1 is 1.62 bits per heavy atom. The van der Waals surface area contributed by atoms with Crippen molar-refractivity contribution in [2.45, 2.75) is 51.2 Å². The molecule has 1 aliphatic rings. The summed E-state index contributed by atoms with van der Waals surface area (Å²) in [5, 5.41) is 6.41. The molecule has 0 spiro atoms. The van der Waals surface area contributed by atoms with E-state index in [4.69, 9.17) is 4.74 Å². The molecule has 2 N–H and O–H groups in total. The van der Waals surface area contributed by atoms with Crippen molar-refractivity contribution in [2.75, 3.05) is 20.2 Å². The molecule has 2 atom stereocenters. The normalized spacial score (nSPS) is 26.7. The molecule has 1 fully saturated rings. The van der Waals surface area contributed by atoms with Crippen LogP contribution in [0.1, 0.15) is 39.5 Å². The first-order valence-corrected chi connectivity index (χ1v) is 6.10. The second-order valence-corrected chi connectivity index (χ2v) is 4.95. The summed E-state index contributed by atoms with van der Waals surface area (Å²) in [5.41, 5.74) is 0.0997. The Morgan fingerprint density at radius 3 is 2.94 bits per heavy atom. The van der Waals surface area contributed by atoms with Gasteiger partial charge in [0.2, 0.25) is 5.91 Å². The summed E-state index contributed by atoms with van der Waals surface area (Å²) in [6.45, 7) is 5.94. The molecule has 0 saturated carbocycles. The summed E-state index contributed by atoms with van der Waals surface area (Å²) in [6.07, 6.45) is 3.83. The van der Waals surface area contributed by atoms with E-state index in [9.17, 15) is 4.79 Å². The van der Waals surface area contributed by atoms with E-state index in [1.807, 2.05) is 6.92 Å². The number of carbonyl (C=O) groups excluding carboxylic acids is 1. The van der Waals surface area contributed by atoms with Crippen LogP contribution in [0.4, 0.5) is 0 Å². The molecule has 1 amide bonds. The van der Waals surface area contributed by atoms with E-state index < -0.39 is 0 Å². The molecule has 4 nitrogen and oxygen atoms in total. The molecule has 1 heterocycles. The highest BCUT2D eigenvalue weighted by atomic mass is 16.5. The van der Waals surface area contributed by atoms with Gasteiger partial charge in [-0.2, -0.15) is 0 Å². The Morgan fingerprint density at radius 2 is 2.38 bits per heavy atom. The standard InChI is InChI=1S/C12H24N2O2/c1-10(16-3)5-6-11(15)13-9-12(2)7-4-8-14-12/h10,14H,4-9H2,1-3H3,(H,13,15). The molecular weight excluding hydrogens is 204 g/mol. The summed E-state index contributed by atoms with van der Waals surface area (Å²) in [6, 6.07) is 0. The minimum absolute atomic E-state index is 0.0997. The Bertz CT molecular complexity index is 225. The number of nitrogens with one attached hydrogen (secondary N) is 2. The van der Waals surface area contributed by atoms with Crippen LogP contribution in [0, 0.1) is 0 Å². The van der Waals surface area contributed by atoms with E-state index in [2.05, 4.69) is 17.6 Å². The van der Waals surface area contributed by atoms with Crippen LogP contribution in [-0.2, 0) is 9.53 Å². The highest BCUT2D eigenvalue weighted by Crippen LogP contribution is 2.17. The zero-order chi connectivity index (χ0) is 12.0. The molecule has 1 saturated heterocycles. The fraction of sp³-hybridized carbons (Fsp3) is 0.917. The summed E-state index contributed by atoms with van der Waals surface area (Å²) in [7, 11) is 1.67. The third-order valence-electron chi connectivity index (χ3n) is 3.31. The molecule has 0 aromatic heterocycles. The predicted molar refractivity (Wildman–Crippen MR) is 64.4 cm³/mol. The molecule has 1 rings (SSSR count). The van der Waals surface area contributed by atoms with E-state index >= 15 is 0 Å². The molecule has 16 heavy (non-hydrogen) atoms. The van der Waals surface area contributed by atoms with Crippen molar-refractivity contribution in [3.63, 3.8) is 0 Å². The molecule has 0 aromatic rings. The fourth-order valence-electron chi connectivity index (χ4n) is 1.94. The Balaban J connectivity index is 2.14. The minimum atomic E-state index is 0.0997. The molecule has 0 radical (unpaired) electrons. The van der Waals surface area contributed by atoms with Crippen LogP contribution < -0.4 is 10.6 Å². The SMILES string of the molecule is COC(C)CCC(=O)NCC1(C)CCCN1. The van der Waals surface area contributed by atoms with Crippen LogP contribution in [-0.4, -0.2) is 37.7 Å². The second-order valence-electron chi connectivity index (χ2n) is 4.95. The van der Waals surface area contributed by atoms with Crippen molar-refractivity contribution in [1.29, 1.82) is 0 Å². The highest BCUT2D eigenvalue weighted by molar-refractivity contribution is 5.75. The molecule has 94 valence electrons. The topological polar surface area (TPSA) is 50.4 Å². The van der Waals surface area contributed by atoms with Gasteiger partial charge in [0.25, 0.3) is 0 Å². The maximum atomic E-state index is 11.6. The summed E-state index contributed by atoms with van der Waals surface area (Å²) >= 11 is 0. The van der Waals surface area contributed by atoms with Gasteiger partial charge >= 0.3 is 0 Å². The van der Waals surface area contributed by atoms with Gasteiger partial charge < -0.3 is 15.4 Å². The van der Waals surface area contributed by atoms with Crippen molar-refractivity contribution in [3.8, 4) is 0 Å².